The summed E-state index contributed by atoms with van der Waals surface area (Å²) in [6, 6.07) is 6.12. The number of sulfonamides is 1. The highest BCUT2D eigenvalue weighted by Gasteiger charge is 2.56. The summed E-state index contributed by atoms with van der Waals surface area (Å²) in [4.78, 5) is 25.9. The number of halogens is 3. The topological polar surface area (TPSA) is 128 Å². The van der Waals surface area contributed by atoms with Crippen molar-refractivity contribution in [3.05, 3.63) is 35.5 Å². The fourth-order valence-corrected chi connectivity index (χ4v) is 6.36. The van der Waals surface area contributed by atoms with Crippen molar-refractivity contribution < 1.29 is 31.5 Å². The first-order valence-corrected chi connectivity index (χ1v) is 14.9. The summed E-state index contributed by atoms with van der Waals surface area (Å²) in [5.41, 5.74) is 1.25. The number of alkyl halides is 3. The summed E-state index contributed by atoms with van der Waals surface area (Å²) in [5, 5.41) is 11.8. The summed E-state index contributed by atoms with van der Waals surface area (Å²) in [5.74, 6) is -3.06. The van der Waals surface area contributed by atoms with Crippen LogP contribution in [0.1, 0.15) is 41.7 Å². The van der Waals surface area contributed by atoms with Crippen LogP contribution < -0.4 is 19.8 Å². The van der Waals surface area contributed by atoms with Crippen molar-refractivity contribution in [1.82, 2.24) is 9.97 Å². The molecule has 1 aliphatic carbocycles. The minimum atomic E-state index is -3.79. The molecule has 3 N–H and O–H groups in total. The van der Waals surface area contributed by atoms with Crippen LogP contribution in [-0.2, 0) is 10.0 Å². The molecule has 14 heteroatoms. The molecule has 0 unspecified atom stereocenters. The van der Waals surface area contributed by atoms with E-state index in [-0.39, 0.29) is 67.0 Å². The number of nitrogens with one attached hydrogen (secondary N) is 2. The van der Waals surface area contributed by atoms with Gasteiger partial charge >= 0.3 is 0 Å². The third-order valence-electron chi connectivity index (χ3n) is 8.02. The number of anilines is 4. The Morgan fingerprint density at radius 1 is 1.12 bits per heavy atom. The zero-order valence-electron chi connectivity index (χ0n) is 22.2. The smallest absolute Gasteiger partial charge is 0.258 e. The van der Waals surface area contributed by atoms with Gasteiger partial charge in [-0.2, -0.15) is 4.98 Å². The van der Waals surface area contributed by atoms with Crippen molar-refractivity contribution in [3.63, 3.8) is 0 Å². The molecule has 0 spiro atoms. The second-order valence-corrected chi connectivity index (χ2v) is 12.8. The predicted molar refractivity (Wildman–Crippen MR) is 145 cm³/mol. The molecule has 2 aliphatic heterocycles. The molecule has 2 aromatic rings. The number of nitrogens with zero attached hydrogens (tertiary/aromatic N) is 4. The Morgan fingerprint density at radius 3 is 2.52 bits per heavy atom. The molecule has 1 saturated carbocycles. The molecule has 1 aromatic carbocycles. The fraction of sp³-hybridized carbons (Fsp3) is 0.577. The van der Waals surface area contributed by atoms with E-state index in [0.29, 0.717) is 30.9 Å². The van der Waals surface area contributed by atoms with Crippen molar-refractivity contribution in [2.75, 3.05) is 65.1 Å². The number of aryl methyl sites for hydroxylation is 1. The standard InChI is InChI=1S/C26H33F3N6O4S/c1-17-12-22(32-24(30-17)34-8-5-26(28,29)6-9-34)31-23(37)20-3-2-19(33-40(38,39)11-10-36)13-21(20)35-7-4-25(16-27)14-18(25)15-35/h2-3,12-13,18,33,36H,4-11,14-16H2,1H3,(H,30,31,32,37)/t18-,25-/m1/s1. The van der Waals surface area contributed by atoms with Crippen LogP contribution in [0, 0.1) is 18.3 Å². The molecule has 218 valence electrons. The number of carbonyl (C=O) groups is 1. The number of carbonyl (C=O) groups excluding carboxylic acids is 1. The van der Waals surface area contributed by atoms with Crippen LogP contribution in [-0.4, -0.2) is 80.5 Å². The average Bonchev–Trinajstić information content (AvgIpc) is 3.62. The van der Waals surface area contributed by atoms with Gasteiger partial charge in [-0.15, -0.1) is 0 Å². The Bertz CT molecular complexity index is 1380. The Morgan fingerprint density at radius 2 is 1.85 bits per heavy atom. The van der Waals surface area contributed by atoms with Crippen molar-refractivity contribution >= 4 is 39.1 Å². The Kier molecular flexibility index (Phi) is 7.59. The van der Waals surface area contributed by atoms with E-state index in [1.165, 1.54) is 12.1 Å². The van der Waals surface area contributed by atoms with Crippen LogP contribution in [0.4, 0.5) is 36.3 Å². The lowest BCUT2D eigenvalue weighted by Crippen LogP contribution is -2.40. The molecule has 0 radical (unpaired) electrons. The third kappa shape index (κ3) is 6.12. The van der Waals surface area contributed by atoms with Gasteiger partial charge in [-0.1, -0.05) is 0 Å². The zero-order chi connectivity index (χ0) is 28.7. The zero-order valence-corrected chi connectivity index (χ0v) is 23.0. The molecule has 3 heterocycles. The van der Waals surface area contributed by atoms with E-state index in [1.54, 1.807) is 24.0 Å². The highest BCUT2D eigenvalue weighted by Crippen LogP contribution is 2.58. The number of hydrogen-bond acceptors (Lipinski definition) is 8. The van der Waals surface area contributed by atoms with E-state index in [9.17, 15) is 26.4 Å². The van der Waals surface area contributed by atoms with Gasteiger partial charge in [-0.25, -0.2) is 22.2 Å². The van der Waals surface area contributed by atoms with Gasteiger partial charge in [0.2, 0.25) is 16.0 Å². The average molecular weight is 583 g/mol. The lowest BCUT2D eigenvalue weighted by atomic mass is 9.96. The van der Waals surface area contributed by atoms with Crippen molar-refractivity contribution in [2.45, 2.75) is 38.5 Å². The largest absolute Gasteiger partial charge is 0.395 e. The molecule has 0 bridgehead atoms. The van der Waals surface area contributed by atoms with Gasteiger partial charge < -0.3 is 20.2 Å². The molecular weight excluding hydrogens is 549 g/mol. The molecule has 10 nitrogen and oxygen atoms in total. The Balaban J connectivity index is 1.40. The van der Waals surface area contributed by atoms with E-state index in [4.69, 9.17) is 5.11 Å². The first-order chi connectivity index (χ1) is 18.9. The van der Waals surface area contributed by atoms with Crippen LogP contribution in [0.2, 0.25) is 0 Å². The van der Waals surface area contributed by atoms with Crippen LogP contribution in [0.25, 0.3) is 0 Å². The van der Waals surface area contributed by atoms with Gasteiger partial charge in [0.05, 0.1) is 36.0 Å². The van der Waals surface area contributed by atoms with Gasteiger partial charge in [0.15, 0.2) is 0 Å². The molecule has 40 heavy (non-hydrogen) atoms. The minimum Gasteiger partial charge on any atom is -0.395 e. The maximum absolute atomic E-state index is 13.6. The summed E-state index contributed by atoms with van der Waals surface area (Å²) in [6.45, 7) is 2.03. The van der Waals surface area contributed by atoms with Crippen LogP contribution in [0.3, 0.4) is 0 Å². The molecular formula is C26H33F3N6O4S. The number of aromatic nitrogens is 2. The van der Waals surface area contributed by atoms with E-state index >= 15 is 0 Å². The minimum absolute atomic E-state index is 0.0954. The lowest BCUT2D eigenvalue weighted by Gasteiger charge is -2.33. The van der Waals surface area contributed by atoms with Crippen molar-refractivity contribution in [3.8, 4) is 0 Å². The third-order valence-corrected chi connectivity index (χ3v) is 9.29. The molecule has 1 amide bonds. The number of rotatable bonds is 9. The van der Waals surface area contributed by atoms with Gasteiger partial charge in [0.25, 0.3) is 11.8 Å². The number of aliphatic hydroxyl groups excluding tert-OH is 1. The van der Waals surface area contributed by atoms with Gasteiger partial charge in [-0.05, 0) is 43.9 Å². The highest BCUT2D eigenvalue weighted by atomic mass is 32.2. The van der Waals surface area contributed by atoms with E-state index in [0.717, 1.165) is 6.42 Å². The summed E-state index contributed by atoms with van der Waals surface area (Å²) in [6.07, 6.45) is 0.795. The van der Waals surface area contributed by atoms with Gasteiger partial charge in [-0.3, -0.25) is 13.9 Å². The molecule has 5 rings (SSSR count). The van der Waals surface area contributed by atoms with Crippen molar-refractivity contribution in [1.29, 1.82) is 0 Å². The first-order valence-electron chi connectivity index (χ1n) is 13.3. The van der Waals surface area contributed by atoms with Crippen LogP contribution >= 0.6 is 0 Å². The number of fused-ring (bicyclic) bond motifs is 1. The Hall–Kier alpha value is -3.13. The van der Waals surface area contributed by atoms with Gasteiger partial charge in [0, 0.05) is 56.2 Å². The van der Waals surface area contributed by atoms with Crippen LogP contribution in [0.5, 0.6) is 0 Å². The number of aliphatic hydroxyl groups is 1. The maximum atomic E-state index is 13.6. The van der Waals surface area contributed by atoms with Gasteiger partial charge in [0.1, 0.15) is 5.82 Å². The number of piperidine rings is 2. The number of benzene rings is 1. The van der Waals surface area contributed by atoms with Crippen LogP contribution in [0.15, 0.2) is 24.3 Å². The molecule has 3 aliphatic rings. The molecule has 3 fully saturated rings. The summed E-state index contributed by atoms with van der Waals surface area (Å²) in [7, 11) is -3.79. The first kappa shape index (κ1) is 28.4. The Labute approximate surface area is 231 Å². The van der Waals surface area contributed by atoms with E-state index in [2.05, 4.69) is 20.0 Å². The second-order valence-electron chi connectivity index (χ2n) is 11.0. The number of hydrogen-bond donors (Lipinski definition) is 3. The number of amides is 1. The van der Waals surface area contributed by atoms with Crippen molar-refractivity contribution in [2.24, 2.45) is 11.3 Å². The monoisotopic (exact) mass is 582 g/mol. The maximum Gasteiger partial charge on any atom is 0.258 e. The predicted octanol–water partition coefficient (Wildman–Crippen LogP) is 3.19. The molecule has 2 atom stereocenters. The SMILES string of the molecule is Cc1cc(NC(=O)c2ccc(NS(=O)(=O)CCO)cc2N2CC[C@]3(CF)C[C@@H]3C2)nc(N2CCC(F)(F)CC2)n1. The molecule has 1 aromatic heterocycles. The highest BCUT2D eigenvalue weighted by molar-refractivity contribution is 7.92. The lowest BCUT2D eigenvalue weighted by molar-refractivity contribution is -0.0222. The normalized spacial score (nSPS) is 23.9. The second kappa shape index (κ2) is 10.7. The van der Waals surface area contributed by atoms with E-state index < -0.39 is 34.2 Å². The molecule has 2 saturated heterocycles. The quantitative estimate of drug-likeness (QED) is 0.412. The summed E-state index contributed by atoms with van der Waals surface area (Å²) >= 11 is 0. The fourth-order valence-electron chi connectivity index (χ4n) is 5.54. The summed E-state index contributed by atoms with van der Waals surface area (Å²) < 4.78 is 67.8. The van der Waals surface area contributed by atoms with E-state index in [1.807, 2.05) is 4.90 Å².